The van der Waals surface area contributed by atoms with Gasteiger partial charge in [-0.25, -0.2) is 4.39 Å². The molecule has 1 aromatic rings. The zero-order valence-corrected chi connectivity index (χ0v) is 14.3. The summed E-state index contributed by atoms with van der Waals surface area (Å²) < 4.78 is 13.5. The standard InChI is InChI=1S/C20H28ClF/c21-19-13-10-16(14-20(19)22)7-6-15-8-11-18(12-9-15)17-4-2-1-3-5-17/h10,13-15,17-18H,1-9,11-12H2. The van der Waals surface area contributed by atoms with E-state index in [4.69, 9.17) is 11.6 Å². The Bertz CT molecular complexity index is 471. The zero-order valence-electron chi connectivity index (χ0n) is 13.5. The third-order valence-electron chi connectivity index (χ3n) is 6.03. The molecule has 0 aliphatic heterocycles. The minimum atomic E-state index is -0.278. The number of halogens is 2. The van der Waals surface area contributed by atoms with E-state index in [0.717, 1.165) is 29.7 Å². The van der Waals surface area contributed by atoms with Crippen LogP contribution in [0.5, 0.6) is 0 Å². The van der Waals surface area contributed by atoms with Crippen LogP contribution in [0.15, 0.2) is 18.2 Å². The van der Waals surface area contributed by atoms with E-state index in [9.17, 15) is 4.39 Å². The van der Waals surface area contributed by atoms with E-state index in [1.807, 2.05) is 6.07 Å². The number of rotatable bonds is 4. The fourth-order valence-corrected chi connectivity index (χ4v) is 4.74. The molecule has 0 saturated heterocycles. The van der Waals surface area contributed by atoms with Crippen molar-refractivity contribution in [2.24, 2.45) is 17.8 Å². The highest BCUT2D eigenvalue weighted by Crippen LogP contribution is 2.40. The normalized spacial score (nSPS) is 27.0. The topological polar surface area (TPSA) is 0 Å². The maximum absolute atomic E-state index is 13.5. The van der Waals surface area contributed by atoms with E-state index in [0.29, 0.717) is 0 Å². The van der Waals surface area contributed by atoms with Gasteiger partial charge in [0.05, 0.1) is 5.02 Å². The highest BCUT2D eigenvalue weighted by atomic mass is 35.5. The van der Waals surface area contributed by atoms with Crippen LogP contribution in [-0.2, 0) is 6.42 Å². The van der Waals surface area contributed by atoms with Crippen molar-refractivity contribution in [3.05, 3.63) is 34.6 Å². The first kappa shape index (κ1) is 16.3. The van der Waals surface area contributed by atoms with Crippen LogP contribution in [0.1, 0.15) is 69.8 Å². The molecule has 2 aliphatic rings. The van der Waals surface area contributed by atoms with Gasteiger partial charge in [-0.15, -0.1) is 0 Å². The summed E-state index contributed by atoms with van der Waals surface area (Å²) in [7, 11) is 0. The second-order valence-electron chi connectivity index (χ2n) is 7.47. The van der Waals surface area contributed by atoms with Crippen LogP contribution >= 0.6 is 11.6 Å². The zero-order chi connectivity index (χ0) is 15.4. The minimum Gasteiger partial charge on any atom is -0.205 e. The lowest BCUT2D eigenvalue weighted by molar-refractivity contribution is 0.163. The Balaban J connectivity index is 1.42. The molecule has 0 amide bonds. The van der Waals surface area contributed by atoms with Crippen LogP contribution in [0.3, 0.4) is 0 Å². The molecular weight excluding hydrogens is 295 g/mol. The molecular formula is C20H28ClF. The molecule has 2 heteroatoms. The summed E-state index contributed by atoms with van der Waals surface area (Å²) in [5.41, 5.74) is 1.09. The van der Waals surface area contributed by atoms with Crippen molar-refractivity contribution in [1.82, 2.24) is 0 Å². The van der Waals surface area contributed by atoms with Crippen LogP contribution < -0.4 is 0 Å². The van der Waals surface area contributed by atoms with Gasteiger partial charge < -0.3 is 0 Å². The quantitative estimate of drug-likeness (QED) is 0.572. The molecule has 2 aliphatic carbocycles. The molecule has 22 heavy (non-hydrogen) atoms. The van der Waals surface area contributed by atoms with Crippen LogP contribution in [0, 0.1) is 23.6 Å². The van der Waals surface area contributed by atoms with Crippen molar-refractivity contribution in [3.63, 3.8) is 0 Å². The second-order valence-corrected chi connectivity index (χ2v) is 7.87. The van der Waals surface area contributed by atoms with Crippen LogP contribution in [0.2, 0.25) is 5.02 Å². The fourth-order valence-electron chi connectivity index (χ4n) is 4.62. The lowest BCUT2D eigenvalue weighted by Crippen LogP contribution is -2.23. The molecule has 3 rings (SSSR count). The van der Waals surface area contributed by atoms with E-state index in [1.54, 1.807) is 12.1 Å². The Morgan fingerprint density at radius 3 is 2.27 bits per heavy atom. The third kappa shape index (κ3) is 4.25. The first-order chi connectivity index (χ1) is 10.7. The fraction of sp³-hybridized carbons (Fsp3) is 0.700. The average molecular weight is 323 g/mol. The summed E-state index contributed by atoms with van der Waals surface area (Å²) in [6.07, 6.45) is 15.2. The van der Waals surface area contributed by atoms with E-state index in [1.165, 1.54) is 64.2 Å². The molecule has 0 spiro atoms. The van der Waals surface area contributed by atoms with Crippen molar-refractivity contribution < 1.29 is 4.39 Å². The van der Waals surface area contributed by atoms with Gasteiger partial charge in [-0.05, 0) is 61.1 Å². The molecule has 122 valence electrons. The van der Waals surface area contributed by atoms with Crippen molar-refractivity contribution in [2.45, 2.75) is 70.6 Å². The maximum atomic E-state index is 13.5. The lowest BCUT2D eigenvalue weighted by Gasteiger charge is -2.36. The smallest absolute Gasteiger partial charge is 0.142 e. The molecule has 0 atom stereocenters. The lowest BCUT2D eigenvalue weighted by atomic mass is 9.70. The largest absolute Gasteiger partial charge is 0.205 e. The van der Waals surface area contributed by atoms with Crippen LogP contribution in [0.4, 0.5) is 4.39 Å². The highest BCUT2D eigenvalue weighted by Gasteiger charge is 2.28. The first-order valence-electron chi connectivity index (χ1n) is 9.16. The van der Waals surface area contributed by atoms with Gasteiger partial charge in [0.15, 0.2) is 0 Å². The summed E-state index contributed by atoms with van der Waals surface area (Å²) in [5, 5.41) is 0.233. The molecule has 0 N–H and O–H groups in total. The van der Waals surface area contributed by atoms with Gasteiger partial charge in [-0.3, -0.25) is 0 Å². The summed E-state index contributed by atoms with van der Waals surface area (Å²) in [6, 6.07) is 5.27. The number of hydrogen-bond donors (Lipinski definition) is 0. The van der Waals surface area contributed by atoms with Crippen molar-refractivity contribution >= 4 is 11.6 Å². The van der Waals surface area contributed by atoms with Gasteiger partial charge in [0, 0.05) is 0 Å². The first-order valence-corrected chi connectivity index (χ1v) is 9.54. The number of aryl methyl sites for hydroxylation is 1. The Hall–Kier alpha value is -0.560. The summed E-state index contributed by atoms with van der Waals surface area (Å²) in [4.78, 5) is 0. The molecule has 0 radical (unpaired) electrons. The van der Waals surface area contributed by atoms with E-state index in [-0.39, 0.29) is 10.8 Å². The van der Waals surface area contributed by atoms with Gasteiger partial charge >= 0.3 is 0 Å². The highest BCUT2D eigenvalue weighted by molar-refractivity contribution is 6.30. The van der Waals surface area contributed by atoms with Gasteiger partial charge in [-0.2, -0.15) is 0 Å². The molecule has 0 bridgehead atoms. The predicted molar refractivity (Wildman–Crippen MR) is 91.8 cm³/mol. The van der Waals surface area contributed by atoms with Crippen molar-refractivity contribution in [3.8, 4) is 0 Å². The monoisotopic (exact) mass is 322 g/mol. The average Bonchev–Trinajstić information content (AvgIpc) is 2.57. The molecule has 1 aromatic carbocycles. The SMILES string of the molecule is Fc1cc(CCC2CCC(C3CCCCC3)CC2)ccc1Cl. The molecule has 0 unspecified atom stereocenters. The minimum absolute atomic E-state index is 0.233. The summed E-state index contributed by atoms with van der Waals surface area (Å²) >= 11 is 5.74. The molecule has 2 fully saturated rings. The summed E-state index contributed by atoms with van der Waals surface area (Å²) in [6.45, 7) is 0. The van der Waals surface area contributed by atoms with Gasteiger partial charge in [0.25, 0.3) is 0 Å². The van der Waals surface area contributed by atoms with Gasteiger partial charge in [0.1, 0.15) is 5.82 Å². The van der Waals surface area contributed by atoms with Crippen molar-refractivity contribution in [2.75, 3.05) is 0 Å². The molecule has 0 heterocycles. The van der Waals surface area contributed by atoms with E-state index in [2.05, 4.69) is 0 Å². The van der Waals surface area contributed by atoms with Gasteiger partial charge in [0.2, 0.25) is 0 Å². The number of benzene rings is 1. The predicted octanol–water partition coefficient (Wildman–Crippen LogP) is 6.80. The third-order valence-corrected chi connectivity index (χ3v) is 6.34. The van der Waals surface area contributed by atoms with Crippen LogP contribution in [-0.4, -0.2) is 0 Å². The van der Waals surface area contributed by atoms with E-state index < -0.39 is 0 Å². The summed E-state index contributed by atoms with van der Waals surface area (Å²) in [5.74, 6) is 2.60. The van der Waals surface area contributed by atoms with Gasteiger partial charge in [-0.1, -0.05) is 62.6 Å². The van der Waals surface area contributed by atoms with Crippen molar-refractivity contribution in [1.29, 1.82) is 0 Å². The Labute approximate surface area is 139 Å². The Morgan fingerprint density at radius 2 is 1.59 bits per heavy atom. The number of hydrogen-bond acceptors (Lipinski definition) is 0. The Kier molecular flexibility index (Phi) is 5.79. The maximum Gasteiger partial charge on any atom is 0.142 e. The van der Waals surface area contributed by atoms with Crippen LogP contribution in [0.25, 0.3) is 0 Å². The molecule has 2 saturated carbocycles. The van der Waals surface area contributed by atoms with E-state index >= 15 is 0 Å². The second kappa shape index (κ2) is 7.81. The molecule has 0 aromatic heterocycles. The molecule has 0 nitrogen and oxygen atoms in total. The Morgan fingerprint density at radius 1 is 0.909 bits per heavy atom.